The van der Waals surface area contributed by atoms with Crippen LogP contribution >= 0.6 is 0 Å². The molecule has 2 unspecified atom stereocenters. The molecular weight excluding hydrogens is 298 g/mol. The fourth-order valence-corrected chi connectivity index (χ4v) is 3.09. The minimum atomic E-state index is -3.38. The summed E-state index contributed by atoms with van der Waals surface area (Å²) in [6.45, 7) is 2.12. The van der Waals surface area contributed by atoms with E-state index in [0.717, 1.165) is 17.1 Å². The van der Waals surface area contributed by atoms with E-state index in [-0.39, 0.29) is 18.2 Å². The molecule has 0 radical (unpaired) electrons. The van der Waals surface area contributed by atoms with Crippen LogP contribution in [0.1, 0.15) is 19.8 Å². The summed E-state index contributed by atoms with van der Waals surface area (Å²) in [5.74, 6) is -1.36. The van der Waals surface area contributed by atoms with Crippen LogP contribution in [-0.2, 0) is 14.8 Å². The number of hydrogen-bond acceptors (Lipinski definition) is 4. The molecule has 1 aliphatic heterocycles. The van der Waals surface area contributed by atoms with Crippen LogP contribution in [0.5, 0.6) is 0 Å². The third-order valence-electron chi connectivity index (χ3n) is 3.64. The first-order chi connectivity index (χ1) is 9.66. The number of piperidine rings is 1. The molecule has 1 rings (SSSR count). The van der Waals surface area contributed by atoms with Crippen molar-refractivity contribution < 1.29 is 23.1 Å². The molecule has 122 valence electrons. The van der Waals surface area contributed by atoms with Gasteiger partial charge in [-0.25, -0.2) is 22.3 Å². The number of rotatable bonds is 5. The molecule has 0 saturated carbocycles. The molecule has 1 saturated heterocycles. The smallest absolute Gasteiger partial charge is 0.326 e. The SMILES string of the molecule is CC1CCCN(C(=O)NCCS(=O)(=O)N(C)C)C1C(=O)O. The van der Waals surface area contributed by atoms with Crippen molar-refractivity contribution in [2.45, 2.75) is 25.8 Å². The summed E-state index contributed by atoms with van der Waals surface area (Å²) in [6.07, 6.45) is 1.50. The van der Waals surface area contributed by atoms with E-state index >= 15 is 0 Å². The number of carboxylic acid groups (broad SMARTS) is 1. The Kier molecular flexibility index (Phi) is 5.97. The number of nitrogens with one attached hydrogen (secondary N) is 1. The number of aliphatic carboxylic acids is 1. The van der Waals surface area contributed by atoms with E-state index in [4.69, 9.17) is 0 Å². The fourth-order valence-electron chi connectivity index (χ4n) is 2.36. The van der Waals surface area contributed by atoms with Gasteiger partial charge in [-0.1, -0.05) is 6.92 Å². The Morgan fingerprint density at radius 3 is 2.52 bits per heavy atom. The van der Waals surface area contributed by atoms with Crippen LogP contribution in [0.3, 0.4) is 0 Å². The van der Waals surface area contributed by atoms with Crippen LogP contribution in [0.15, 0.2) is 0 Å². The van der Waals surface area contributed by atoms with Crippen molar-refractivity contribution in [3.63, 3.8) is 0 Å². The molecule has 9 heteroatoms. The lowest BCUT2D eigenvalue weighted by molar-refractivity contribution is -0.145. The van der Waals surface area contributed by atoms with Crippen molar-refractivity contribution in [3.8, 4) is 0 Å². The average molecular weight is 321 g/mol. The number of nitrogens with zero attached hydrogens (tertiary/aromatic N) is 2. The first-order valence-electron chi connectivity index (χ1n) is 6.84. The molecule has 0 aromatic heterocycles. The van der Waals surface area contributed by atoms with Gasteiger partial charge in [0, 0.05) is 27.2 Å². The van der Waals surface area contributed by atoms with Crippen molar-refractivity contribution in [2.75, 3.05) is 32.9 Å². The Morgan fingerprint density at radius 1 is 1.38 bits per heavy atom. The third-order valence-corrected chi connectivity index (χ3v) is 5.47. The molecule has 1 fully saturated rings. The van der Waals surface area contributed by atoms with Crippen molar-refractivity contribution in [1.82, 2.24) is 14.5 Å². The van der Waals surface area contributed by atoms with E-state index in [1.165, 1.54) is 19.0 Å². The number of hydrogen-bond donors (Lipinski definition) is 2. The average Bonchev–Trinajstić information content (AvgIpc) is 2.37. The van der Waals surface area contributed by atoms with Crippen molar-refractivity contribution >= 4 is 22.0 Å². The van der Waals surface area contributed by atoms with Gasteiger partial charge in [0.1, 0.15) is 6.04 Å². The summed E-state index contributed by atoms with van der Waals surface area (Å²) >= 11 is 0. The zero-order valence-electron chi connectivity index (χ0n) is 12.6. The molecule has 21 heavy (non-hydrogen) atoms. The number of likely N-dealkylation sites (tertiary alicyclic amines) is 1. The largest absolute Gasteiger partial charge is 0.480 e. The molecule has 2 N–H and O–H groups in total. The molecule has 2 amide bonds. The summed E-state index contributed by atoms with van der Waals surface area (Å²) < 4.78 is 24.2. The van der Waals surface area contributed by atoms with Crippen LogP contribution in [0, 0.1) is 5.92 Å². The fraction of sp³-hybridized carbons (Fsp3) is 0.833. The second kappa shape index (κ2) is 7.08. The maximum Gasteiger partial charge on any atom is 0.326 e. The first kappa shape index (κ1) is 17.7. The summed E-state index contributed by atoms with van der Waals surface area (Å²) in [4.78, 5) is 24.6. The van der Waals surface area contributed by atoms with E-state index in [1.807, 2.05) is 0 Å². The van der Waals surface area contributed by atoms with E-state index < -0.39 is 28.1 Å². The quantitative estimate of drug-likeness (QED) is 0.727. The van der Waals surface area contributed by atoms with Crippen LogP contribution in [-0.4, -0.2) is 73.7 Å². The minimum absolute atomic E-state index is 0.0451. The number of sulfonamides is 1. The van der Waals surface area contributed by atoms with Gasteiger partial charge in [-0.3, -0.25) is 0 Å². The van der Waals surface area contributed by atoms with Gasteiger partial charge >= 0.3 is 12.0 Å². The van der Waals surface area contributed by atoms with Gasteiger partial charge < -0.3 is 15.3 Å². The number of amides is 2. The molecule has 0 spiro atoms. The summed E-state index contributed by atoms with van der Waals surface area (Å²) in [5.41, 5.74) is 0. The van der Waals surface area contributed by atoms with Crippen LogP contribution < -0.4 is 5.32 Å². The van der Waals surface area contributed by atoms with Gasteiger partial charge in [0.25, 0.3) is 0 Å². The Labute approximate surface area is 125 Å². The normalized spacial score (nSPS) is 23.1. The second-order valence-corrected chi connectivity index (χ2v) is 7.73. The number of carboxylic acids is 1. The number of urea groups is 1. The minimum Gasteiger partial charge on any atom is -0.480 e. The maximum absolute atomic E-state index is 12.1. The molecule has 1 heterocycles. The lowest BCUT2D eigenvalue weighted by Gasteiger charge is -2.37. The summed E-state index contributed by atoms with van der Waals surface area (Å²) in [7, 11) is -0.540. The zero-order valence-corrected chi connectivity index (χ0v) is 13.4. The summed E-state index contributed by atoms with van der Waals surface area (Å²) in [5, 5.41) is 11.7. The van der Waals surface area contributed by atoms with E-state index in [0.29, 0.717) is 6.54 Å². The highest BCUT2D eigenvalue weighted by molar-refractivity contribution is 7.89. The van der Waals surface area contributed by atoms with Gasteiger partial charge in [-0.2, -0.15) is 0 Å². The Hall–Kier alpha value is -1.35. The van der Waals surface area contributed by atoms with E-state index in [2.05, 4.69) is 5.32 Å². The lowest BCUT2D eigenvalue weighted by atomic mass is 9.91. The van der Waals surface area contributed by atoms with Crippen LogP contribution in [0.4, 0.5) is 4.79 Å². The molecule has 8 nitrogen and oxygen atoms in total. The highest BCUT2D eigenvalue weighted by Crippen LogP contribution is 2.23. The zero-order chi connectivity index (χ0) is 16.2. The highest BCUT2D eigenvalue weighted by Gasteiger charge is 2.37. The van der Waals surface area contributed by atoms with Gasteiger partial charge in [0.15, 0.2) is 0 Å². The molecule has 2 atom stereocenters. The van der Waals surface area contributed by atoms with Gasteiger partial charge in [-0.15, -0.1) is 0 Å². The van der Waals surface area contributed by atoms with Crippen molar-refractivity contribution in [3.05, 3.63) is 0 Å². The monoisotopic (exact) mass is 321 g/mol. The molecule has 1 aliphatic rings. The molecule has 0 bridgehead atoms. The maximum atomic E-state index is 12.1. The Bertz CT molecular complexity index is 491. The topological polar surface area (TPSA) is 107 Å². The van der Waals surface area contributed by atoms with Gasteiger partial charge in [0.05, 0.1) is 5.75 Å². The third kappa shape index (κ3) is 4.57. The van der Waals surface area contributed by atoms with Gasteiger partial charge in [0.2, 0.25) is 10.0 Å². The van der Waals surface area contributed by atoms with E-state index in [9.17, 15) is 23.1 Å². The molecule has 0 aliphatic carbocycles. The Morgan fingerprint density at radius 2 is 2.00 bits per heavy atom. The van der Waals surface area contributed by atoms with Gasteiger partial charge in [-0.05, 0) is 18.8 Å². The highest BCUT2D eigenvalue weighted by atomic mass is 32.2. The Balaban J connectivity index is 2.60. The number of carbonyl (C=O) groups is 2. The van der Waals surface area contributed by atoms with Crippen LogP contribution in [0.25, 0.3) is 0 Å². The predicted molar refractivity (Wildman–Crippen MR) is 77.4 cm³/mol. The standard InChI is InChI=1S/C12H23N3O5S/c1-9-5-4-7-15(10(9)11(16)17)12(18)13-6-8-21(19,20)14(2)3/h9-10H,4-8H2,1-3H3,(H,13,18)(H,16,17). The van der Waals surface area contributed by atoms with Crippen molar-refractivity contribution in [2.24, 2.45) is 5.92 Å². The molecular formula is C12H23N3O5S. The van der Waals surface area contributed by atoms with Crippen LogP contribution in [0.2, 0.25) is 0 Å². The second-order valence-electron chi connectivity index (χ2n) is 5.43. The predicted octanol–water partition coefficient (Wildman–Crippen LogP) is -0.227. The van der Waals surface area contributed by atoms with Crippen molar-refractivity contribution in [1.29, 1.82) is 0 Å². The number of carbonyl (C=O) groups excluding carboxylic acids is 1. The molecule has 0 aromatic carbocycles. The summed E-state index contributed by atoms with van der Waals surface area (Å²) in [6, 6.07) is -1.38. The molecule has 0 aromatic rings. The lowest BCUT2D eigenvalue weighted by Crippen LogP contribution is -2.55. The first-order valence-corrected chi connectivity index (χ1v) is 8.45. The van der Waals surface area contributed by atoms with E-state index in [1.54, 1.807) is 6.92 Å².